The van der Waals surface area contributed by atoms with Crippen LogP contribution in [-0.2, 0) is 10.5 Å². The molecule has 128 valence electrons. The van der Waals surface area contributed by atoms with Crippen LogP contribution in [0.1, 0.15) is 41.6 Å². The Bertz CT molecular complexity index is 702. The van der Waals surface area contributed by atoms with Gasteiger partial charge in [-0.2, -0.15) is 0 Å². The summed E-state index contributed by atoms with van der Waals surface area (Å²) in [6, 6.07) is 14.2. The summed E-state index contributed by atoms with van der Waals surface area (Å²) in [6.07, 6.45) is 0.882. The van der Waals surface area contributed by atoms with Gasteiger partial charge in [-0.3, -0.25) is 4.79 Å². The molecular formula is C20H24ClNOS. The maximum atomic E-state index is 12.2. The summed E-state index contributed by atoms with van der Waals surface area (Å²) < 4.78 is 0. The largest absolute Gasteiger partial charge is 0.349 e. The van der Waals surface area contributed by atoms with Gasteiger partial charge in [-0.15, -0.1) is 11.8 Å². The topological polar surface area (TPSA) is 29.1 Å². The molecule has 24 heavy (non-hydrogen) atoms. The van der Waals surface area contributed by atoms with Crippen LogP contribution in [0.4, 0.5) is 0 Å². The Morgan fingerprint density at radius 1 is 1.17 bits per heavy atom. The molecule has 0 radical (unpaired) electrons. The molecule has 0 unspecified atom stereocenters. The molecule has 0 bridgehead atoms. The van der Waals surface area contributed by atoms with Crippen molar-refractivity contribution in [1.29, 1.82) is 0 Å². The first-order valence-electron chi connectivity index (χ1n) is 8.18. The number of halogens is 1. The third kappa shape index (κ3) is 5.57. The third-order valence-corrected chi connectivity index (χ3v) is 5.31. The van der Waals surface area contributed by atoms with E-state index in [-0.39, 0.29) is 11.9 Å². The van der Waals surface area contributed by atoms with Crippen LogP contribution < -0.4 is 5.32 Å². The standard InChI is InChI=1S/C20H24ClNOS/c1-4-19(17-9-8-14(2)15(3)10-17)22-20(23)13-24-12-16-6-5-7-18(21)11-16/h5-11,19H,4,12-13H2,1-3H3,(H,22,23)/t19-/m1/s1. The maximum Gasteiger partial charge on any atom is 0.230 e. The van der Waals surface area contributed by atoms with Crippen molar-refractivity contribution in [2.24, 2.45) is 0 Å². The Morgan fingerprint density at radius 2 is 1.96 bits per heavy atom. The lowest BCUT2D eigenvalue weighted by atomic mass is 9.99. The third-order valence-electron chi connectivity index (χ3n) is 4.07. The first kappa shape index (κ1) is 18.9. The lowest BCUT2D eigenvalue weighted by Gasteiger charge is -2.18. The summed E-state index contributed by atoms with van der Waals surface area (Å²) in [5.74, 6) is 1.31. The second-order valence-electron chi connectivity index (χ2n) is 5.99. The molecule has 0 saturated heterocycles. The molecule has 2 rings (SSSR count). The number of nitrogens with one attached hydrogen (secondary N) is 1. The van der Waals surface area contributed by atoms with Gasteiger partial charge in [-0.25, -0.2) is 0 Å². The number of amides is 1. The molecule has 1 N–H and O–H groups in total. The zero-order valence-corrected chi connectivity index (χ0v) is 16.0. The van der Waals surface area contributed by atoms with Crippen LogP contribution in [0, 0.1) is 13.8 Å². The average Bonchev–Trinajstić information content (AvgIpc) is 2.55. The van der Waals surface area contributed by atoms with Gasteiger partial charge in [0, 0.05) is 10.8 Å². The SMILES string of the molecule is CC[C@@H](NC(=O)CSCc1cccc(Cl)c1)c1ccc(C)c(C)c1. The molecular weight excluding hydrogens is 338 g/mol. The number of carbonyl (C=O) groups is 1. The van der Waals surface area contributed by atoms with Crippen molar-refractivity contribution in [3.8, 4) is 0 Å². The summed E-state index contributed by atoms with van der Waals surface area (Å²) >= 11 is 7.58. The van der Waals surface area contributed by atoms with Gasteiger partial charge in [0.1, 0.15) is 0 Å². The molecule has 0 spiro atoms. The van der Waals surface area contributed by atoms with Crippen LogP contribution in [0.2, 0.25) is 5.02 Å². The molecule has 0 aromatic heterocycles. The van der Waals surface area contributed by atoms with Gasteiger partial charge in [0.25, 0.3) is 0 Å². The zero-order chi connectivity index (χ0) is 17.5. The van der Waals surface area contributed by atoms with E-state index in [1.807, 2.05) is 24.3 Å². The van der Waals surface area contributed by atoms with E-state index in [0.29, 0.717) is 5.75 Å². The van der Waals surface area contributed by atoms with Gasteiger partial charge in [-0.1, -0.05) is 48.9 Å². The van der Waals surface area contributed by atoms with Crippen LogP contribution in [-0.4, -0.2) is 11.7 Å². The van der Waals surface area contributed by atoms with E-state index >= 15 is 0 Å². The number of benzene rings is 2. The van der Waals surface area contributed by atoms with Crippen LogP contribution in [0.25, 0.3) is 0 Å². The first-order valence-corrected chi connectivity index (χ1v) is 9.71. The number of thioether (sulfide) groups is 1. The Morgan fingerprint density at radius 3 is 2.62 bits per heavy atom. The van der Waals surface area contributed by atoms with Crippen molar-refractivity contribution >= 4 is 29.3 Å². The summed E-state index contributed by atoms with van der Waals surface area (Å²) in [6.45, 7) is 6.30. The molecule has 2 aromatic rings. The van der Waals surface area contributed by atoms with Crippen molar-refractivity contribution in [2.45, 2.75) is 39.0 Å². The Hall–Kier alpha value is -1.45. The van der Waals surface area contributed by atoms with Crippen LogP contribution in [0.3, 0.4) is 0 Å². The minimum absolute atomic E-state index is 0.0727. The summed E-state index contributed by atoms with van der Waals surface area (Å²) in [5.41, 5.74) is 4.85. The van der Waals surface area contributed by atoms with Crippen molar-refractivity contribution in [3.63, 3.8) is 0 Å². The van der Waals surface area contributed by atoms with Crippen LogP contribution >= 0.6 is 23.4 Å². The van der Waals surface area contributed by atoms with Gasteiger partial charge < -0.3 is 5.32 Å². The molecule has 2 aromatic carbocycles. The highest BCUT2D eigenvalue weighted by Crippen LogP contribution is 2.21. The molecule has 1 atom stereocenters. The number of rotatable bonds is 7. The zero-order valence-electron chi connectivity index (χ0n) is 14.4. The van der Waals surface area contributed by atoms with E-state index in [2.05, 4.69) is 44.3 Å². The number of aryl methyl sites for hydroxylation is 2. The Balaban J connectivity index is 1.86. The maximum absolute atomic E-state index is 12.2. The number of carbonyl (C=O) groups excluding carboxylic acids is 1. The Labute approximate surface area is 154 Å². The molecule has 0 aliphatic carbocycles. The predicted molar refractivity (Wildman–Crippen MR) is 105 cm³/mol. The monoisotopic (exact) mass is 361 g/mol. The summed E-state index contributed by atoms with van der Waals surface area (Å²) in [4.78, 5) is 12.2. The molecule has 0 fully saturated rings. The van der Waals surface area contributed by atoms with Crippen molar-refractivity contribution in [3.05, 3.63) is 69.7 Å². The van der Waals surface area contributed by atoms with Crippen molar-refractivity contribution in [2.75, 3.05) is 5.75 Å². The fourth-order valence-corrected chi connectivity index (χ4v) is 3.53. The molecule has 1 amide bonds. The lowest BCUT2D eigenvalue weighted by molar-refractivity contribution is -0.119. The molecule has 0 heterocycles. The van der Waals surface area contributed by atoms with Crippen molar-refractivity contribution < 1.29 is 4.79 Å². The highest BCUT2D eigenvalue weighted by Gasteiger charge is 2.13. The fourth-order valence-electron chi connectivity index (χ4n) is 2.53. The molecule has 2 nitrogen and oxygen atoms in total. The summed E-state index contributed by atoms with van der Waals surface area (Å²) in [5, 5.41) is 3.88. The van der Waals surface area contributed by atoms with Crippen LogP contribution in [0.15, 0.2) is 42.5 Å². The second kappa shape index (κ2) is 9.14. The predicted octanol–water partition coefficient (Wildman–Crippen LogP) is 5.46. The first-order chi connectivity index (χ1) is 11.5. The van der Waals surface area contributed by atoms with E-state index in [1.165, 1.54) is 16.7 Å². The molecule has 4 heteroatoms. The minimum atomic E-state index is 0.0727. The smallest absolute Gasteiger partial charge is 0.230 e. The van der Waals surface area contributed by atoms with E-state index in [4.69, 9.17) is 11.6 Å². The second-order valence-corrected chi connectivity index (χ2v) is 7.42. The molecule has 0 saturated carbocycles. The highest BCUT2D eigenvalue weighted by atomic mass is 35.5. The molecule has 0 aliphatic rings. The summed E-state index contributed by atoms with van der Waals surface area (Å²) in [7, 11) is 0. The normalized spacial score (nSPS) is 12.0. The Kier molecular flexibility index (Phi) is 7.19. The van der Waals surface area contributed by atoms with Gasteiger partial charge in [0.15, 0.2) is 0 Å². The quantitative estimate of drug-likeness (QED) is 0.709. The van der Waals surface area contributed by atoms with E-state index < -0.39 is 0 Å². The van der Waals surface area contributed by atoms with E-state index in [0.717, 1.165) is 22.8 Å². The number of hydrogen-bond acceptors (Lipinski definition) is 2. The van der Waals surface area contributed by atoms with Gasteiger partial charge >= 0.3 is 0 Å². The highest BCUT2D eigenvalue weighted by molar-refractivity contribution is 7.99. The average molecular weight is 362 g/mol. The fraction of sp³-hybridized carbons (Fsp3) is 0.350. The van der Waals surface area contributed by atoms with Crippen LogP contribution in [0.5, 0.6) is 0 Å². The van der Waals surface area contributed by atoms with Crippen molar-refractivity contribution in [1.82, 2.24) is 5.32 Å². The molecule has 0 aliphatic heterocycles. The number of hydrogen-bond donors (Lipinski definition) is 1. The van der Waals surface area contributed by atoms with Gasteiger partial charge in [0.05, 0.1) is 11.8 Å². The minimum Gasteiger partial charge on any atom is -0.349 e. The van der Waals surface area contributed by atoms with Gasteiger partial charge in [0.2, 0.25) is 5.91 Å². The van der Waals surface area contributed by atoms with Gasteiger partial charge in [-0.05, 0) is 54.7 Å². The lowest BCUT2D eigenvalue weighted by Crippen LogP contribution is -2.29. The van der Waals surface area contributed by atoms with E-state index in [9.17, 15) is 4.79 Å². The van der Waals surface area contributed by atoms with E-state index in [1.54, 1.807) is 11.8 Å².